The minimum Gasteiger partial charge on any atom is -0.494 e. The number of benzene rings is 1. The molecule has 0 amide bonds. The molecule has 8 heteroatoms. The molecule has 1 aliphatic heterocycles. The molecule has 1 aromatic carbocycles. The van der Waals surface area contributed by atoms with Crippen molar-refractivity contribution in [2.45, 2.75) is 6.42 Å². The van der Waals surface area contributed by atoms with Gasteiger partial charge in [-0.3, -0.25) is 4.99 Å². The fraction of sp³-hybridized carbons (Fsp3) is 0.400. The Morgan fingerprint density at radius 2 is 1.89 bits per heavy atom. The van der Waals surface area contributed by atoms with Gasteiger partial charge in [-0.1, -0.05) is 6.07 Å². The molecule has 0 atom stereocenters. The van der Waals surface area contributed by atoms with Crippen molar-refractivity contribution in [3.8, 4) is 5.75 Å². The summed E-state index contributed by atoms with van der Waals surface area (Å²) in [6.07, 6.45) is 2.67. The van der Waals surface area contributed by atoms with Gasteiger partial charge < -0.3 is 19.9 Å². The molecule has 28 heavy (non-hydrogen) atoms. The van der Waals surface area contributed by atoms with E-state index in [-0.39, 0.29) is 29.8 Å². The highest BCUT2D eigenvalue weighted by atomic mass is 127. The number of pyridine rings is 1. The van der Waals surface area contributed by atoms with Crippen molar-refractivity contribution in [3.63, 3.8) is 0 Å². The van der Waals surface area contributed by atoms with Crippen LogP contribution in [0.1, 0.15) is 6.42 Å². The van der Waals surface area contributed by atoms with Crippen LogP contribution in [-0.2, 0) is 0 Å². The van der Waals surface area contributed by atoms with Crippen LogP contribution in [-0.4, -0.2) is 62.2 Å². The SMILES string of the molecule is CN=C(NCCCOc1ccc(F)cc1)N1CCN(c2ccccn2)CC1.I. The highest BCUT2D eigenvalue weighted by Crippen LogP contribution is 2.13. The third-order valence-corrected chi connectivity index (χ3v) is 4.45. The zero-order chi connectivity index (χ0) is 18.9. The number of nitrogens with one attached hydrogen (secondary N) is 1. The van der Waals surface area contributed by atoms with Gasteiger partial charge in [-0.05, 0) is 42.8 Å². The molecule has 0 saturated carbocycles. The van der Waals surface area contributed by atoms with Crippen LogP contribution in [0.2, 0.25) is 0 Å². The topological polar surface area (TPSA) is 53.0 Å². The third-order valence-electron chi connectivity index (χ3n) is 4.45. The maximum Gasteiger partial charge on any atom is 0.193 e. The van der Waals surface area contributed by atoms with E-state index in [9.17, 15) is 4.39 Å². The molecular formula is C20H27FIN5O. The highest BCUT2D eigenvalue weighted by molar-refractivity contribution is 14.0. The number of piperazine rings is 1. The quantitative estimate of drug-likeness (QED) is 0.287. The molecule has 0 bridgehead atoms. The molecule has 1 aromatic heterocycles. The van der Waals surface area contributed by atoms with Crippen LogP contribution in [0.25, 0.3) is 0 Å². The number of hydrogen-bond acceptors (Lipinski definition) is 4. The first kappa shape index (κ1) is 22.2. The Morgan fingerprint density at radius 1 is 1.14 bits per heavy atom. The summed E-state index contributed by atoms with van der Waals surface area (Å²) < 4.78 is 18.5. The molecule has 0 radical (unpaired) electrons. The molecule has 0 spiro atoms. The molecule has 2 aromatic rings. The Bertz CT molecular complexity index is 721. The summed E-state index contributed by atoms with van der Waals surface area (Å²) in [5.74, 6) is 2.37. The van der Waals surface area contributed by atoms with Gasteiger partial charge in [-0.2, -0.15) is 0 Å². The van der Waals surface area contributed by atoms with E-state index in [1.165, 1.54) is 12.1 Å². The molecule has 1 saturated heterocycles. The van der Waals surface area contributed by atoms with Crippen molar-refractivity contribution in [3.05, 3.63) is 54.5 Å². The van der Waals surface area contributed by atoms with E-state index in [4.69, 9.17) is 4.74 Å². The number of aromatic nitrogens is 1. The largest absolute Gasteiger partial charge is 0.494 e. The fourth-order valence-electron chi connectivity index (χ4n) is 3.01. The number of halogens is 2. The lowest BCUT2D eigenvalue weighted by atomic mass is 10.3. The van der Waals surface area contributed by atoms with Gasteiger partial charge in [0.25, 0.3) is 0 Å². The monoisotopic (exact) mass is 499 g/mol. The number of nitrogens with zero attached hydrogens (tertiary/aromatic N) is 4. The van der Waals surface area contributed by atoms with Gasteiger partial charge in [0.1, 0.15) is 17.4 Å². The lowest BCUT2D eigenvalue weighted by Gasteiger charge is -2.37. The Kier molecular flexibility index (Phi) is 9.26. The Morgan fingerprint density at radius 3 is 2.54 bits per heavy atom. The molecule has 3 rings (SSSR count). The average molecular weight is 499 g/mol. The summed E-state index contributed by atoms with van der Waals surface area (Å²) in [5.41, 5.74) is 0. The van der Waals surface area contributed by atoms with Crippen molar-refractivity contribution in [1.29, 1.82) is 0 Å². The van der Waals surface area contributed by atoms with E-state index in [0.717, 1.165) is 50.9 Å². The van der Waals surface area contributed by atoms with Gasteiger partial charge in [0, 0.05) is 46.0 Å². The molecule has 1 fully saturated rings. The smallest absolute Gasteiger partial charge is 0.193 e. The average Bonchev–Trinajstić information content (AvgIpc) is 2.73. The van der Waals surface area contributed by atoms with E-state index in [2.05, 4.69) is 25.1 Å². The van der Waals surface area contributed by atoms with Crippen LogP contribution in [0.15, 0.2) is 53.7 Å². The van der Waals surface area contributed by atoms with Gasteiger partial charge in [0.15, 0.2) is 5.96 Å². The third kappa shape index (κ3) is 6.50. The first-order chi connectivity index (χ1) is 13.3. The normalized spacial score (nSPS) is 14.4. The molecule has 6 nitrogen and oxygen atoms in total. The predicted molar refractivity (Wildman–Crippen MR) is 121 cm³/mol. The van der Waals surface area contributed by atoms with Crippen LogP contribution >= 0.6 is 24.0 Å². The van der Waals surface area contributed by atoms with Crippen LogP contribution in [0.5, 0.6) is 5.75 Å². The zero-order valence-corrected chi connectivity index (χ0v) is 18.4. The molecule has 1 aliphatic rings. The lowest BCUT2D eigenvalue weighted by molar-refractivity contribution is 0.308. The fourth-order valence-corrected chi connectivity index (χ4v) is 3.01. The van der Waals surface area contributed by atoms with Gasteiger partial charge in [-0.25, -0.2) is 9.37 Å². The van der Waals surface area contributed by atoms with E-state index in [0.29, 0.717) is 12.4 Å². The number of guanidine groups is 1. The summed E-state index contributed by atoms with van der Waals surface area (Å²) in [5, 5.41) is 3.39. The molecule has 0 aliphatic carbocycles. The highest BCUT2D eigenvalue weighted by Gasteiger charge is 2.20. The lowest BCUT2D eigenvalue weighted by Crippen LogP contribution is -2.52. The number of hydrogen-bond donors (Lipinski definition) is 1. The van der Waals surface area contributed by atoms with Gasteiger partial charge in [0.05, 0.1) is 6.61 Å². The van der Waals surface area contributed by atoms with Crippen LogP contribution in [0.4, 0.5) is 10.2 Å². The summed E-state index contributed by atoms with van der Waals surface area (Å²) in [4.78, 5) is 13.4. The minimum atomic E-state index is -0.254. The second-order valence-corrected chi connectivity index (χ2v) is 6.29. The number of anilines is 1. The summed E-state index contributed by atoms with van der Waals surface area (Å²) in [6.45, 7) is 5.00. The first-order valence-electron chi connectivity index (χ1n) is 9.26. The molecule has 2 heterocycles. The van der Waals surface area contributed by atoms with E-state index >= 15 is 0 Å². The number of rotatable bonds is 6. The Labute approximate surface area is 182 Å². The zero-order valence-electron chi connectivity index (χ0n) is 16.1. The van der Waals surface area contributed by atoms with Crippen molar-refractivity contribution < 1.29 is 9.13 Å². The van der Waals surface area contributed by atoms with Crippen molar-refractivity contribution in [2.24, 2.45) is 4.99 Å². The van der Waals surface area contributed by atoms with E-state index in [1.54, 1.807) is 12.1 Å². The van der Waals surface area contributed by atoms with Crippen LogP contribution in [0, 0.1) is 5.82 Å². The van der Waals surface area contributed by atoms with Crippen molar-refractivity contribution in [1.82, 2.24) is 15.2 Å². The minimum absolute atomic E-state index is 0. The maximum absolute atomic E-state index is 12.9. The standard InChI is InChI=1S/C20H26FN5O.HI/c1-22-20(24-11-4-16-27-18-8-6-17(21)7-9-18)26-14-12-25(13-15-26)19-5-2-3-10-23-19;/h2-3,5-10H,4,11-16H2,1H3,(H,22,24);1H. The summed E-state index contributed by atoms with van der Waals surface area (Å²) >= 11 is 0. The predicted octanol–water partition coefficient (Wildman–Crippen LogP) is 3.01. The van der Waals surface area contributed by atoms with Gasteiger partial charge >= 0.3 is 0 Å². The Balaban J connectivity index is 0.00000280. The van der Waals surface area contributed by atoms with Crippen LogP contribution < -0.4 is 15.0 Å². The van der Waals surface area contributed by atoms with Crippen molar-refractivity contribution >= 4 is 35.8 Å². The summed E-state index contributed by atoms with van der Waals surface area (Å²) in [7, 11) is 1.81. The summed E-state index contributed by atoms with van der Waals surface area (Å²) in [6, 6.07) is 12.1. The van der Waals surface area contributed by atoms with Crippen molar-refractivity contribution in [2.75, 3.05) is 51.3 Å². The molecule has 152 valence electrons. The van der Waals surface area contributed by atoms with Gasteiger partial charge in [0.2, 0.25) is 0 Å². The molecule has 0 unspecified atom stereocenters. The number of ether oxygens (including phenoxy) is 1. The number of aliphatic imine (C=N–C) groups is 1. The molecule has 1 N–H and O–H groups in total. The second kappa shape index (κ2) is 11.7. The van der Waals surface area contributed by atoms with Crippen LogP contribution in [0.3, 0.4) is 0 Å². The maximum atomic E-state index is 12.9. The Hall–Kier alpha value is -2.10. The van der Waals surface area contributed by atoms with E-state index in [1.807, 2.05) is 31.4 Å². The van der Waals surface area contributed by atoms with E-state index < -0.39 is 0 Å². The molecular weight excluding hydrogens is 472 g/mol. The second-order valence-electron chi connectivity index (χ2n) is 6.29. The first-order valence-corrected chi connectivity index (χ1v) is 9.26. The van der Waals surface area contributed by atoms with Gasteiger partial charge in [-0.15, -0.1) is 24.0 Å².